The number of ketones is 1. The van der Waals surface area contributed by atoms with Crippen molar-refractivity contribution in [2.45, 2.75) is 44.7 Å². The highest BCUT2D eigenvalue weighted by molar-refractivity contribution is 6.46. The van der Waals surface area contributed by atoms with E-state index in [0.29, 0.717) is 16.9 Å². The highest BCUT2D eigenvalue weighted by Crippen LogP contribution is 2.44. The van der Waals surface area contributed by atoms with Crippen molar-refractivity contribution in [1.29, 1.82) is 0 Å². The van der Waals surface area contributed by atoms with Crippen LogP contribution in [0.4, 0.5) is 0 Å². The highest BCUT2D eigenvalue weighted by Gasteiger charge is 2.49. The van der Waals surface area contributed by atoms with Crippen LogP contribution in [0.15, 0.2) is 48.0 Å². The molecule has 0 spiro atoms. The first kappa shape index (κ1) is 20.0. The third-order valence-electron chi connectivity index (χ3n) is 6.04. The number of nitrogens with zero attached hydrogens (tertiary/aromatic N) is 1. The Balaban J connectivity index is 1.89. The molecule has 2 N–H and O–H groups in total. The maximum absolute atomic E-state index is 13.0. The molecule has 1 saturated heterocycles. The van der Waals surface area contributed by atoms with Crippen LogP contribution < -0.4 is 4.74 Å². The Morgan fingerprint density at radius 3 is 2.33 bits per heavy atom. The molecule has 1 aliphatic carbocycles. The average Bonchev–Trinajstić information content (AvgIpc) is 3.35. The van der Waals surface area contributed by atoms with Crippen LogP contribution in [-0.2, 0) is 9.59 Å². The summed E-state index contributed by atoms with van der Waals surface area (Å²) in [6.45, 7) is 1.93. The first-order valence-corrected chi connectivity index (χ1v) is 10.2. The van der Waals surface area contributed by atoms with Crippen LogP contribution in [0.3, 0.4) is 0 Å². The van der Waals surface area contributed by atoms with Gasteiger partial charge in [-0.3, -0.25) is 9.59 Å². The molecular weight excluding hydrogens is 382 g/mol. The second-order valence-electron chi connectivity index (χ2n) is 7.94. The fourth-order valence-electron chi connectivity index (χ4n) is 4.48. The van der Waals surface area contributed by atoms with Gasteiger partial charge in [-0.05, 0) is 37.5 Å². The molecule has 156 valence electrons. The highest BCUT2D eigenvalue weighted by atomic mass is 16.5. The van der Waals surface area contributed by atoms with Gasteiger partial charge < -0.3 is 19.8 Å². The third kappa shape index (κ3) is 3.32. The van der Waals surface area contributed by atoms with Crippen molar-refractivity contribution in [3.63, 3.8) is 0 Å². The van der Waals surface area contributed by atoms with Crippen molar-refractivity contribution in [1.82, 2.24) is 4.90 Å². The van der Waals surface area contributed by atoms with Crippen LogP contribution in [0, 0.1) is 6.92 Å². The minimum Gasteiger partial charge on any atom is -0.507 e. The Morgan fingerprint density at radius 1 is 1.07 bits per heavy atom. The van der Waals surface area contributed by atoms with Gasteiger partial charge in [0.25, 0.3) is 11.7 Å². The molecule has 0 aromatic heterocycles. The van der Waals surface area contributed by atoms with Gasteiger partial charge in [-0.1, -0.05) is 48.7 Å². The number of amides is 1. The standard InChI is InChI=1S/C24H25NO5/c1-14-7-9-15(10-8-14)22(27)20-21(16-11-12-19(30-2)18(26)13-16)25(24(29)23(20)28)17-5-3-4-6-17/h7-13,17,21,26-27H,3-6H2,1-2H3/b22-20-. The number of hydrogen-bond donors (Lipinski definition) is 2. The van der Waals surface area contributed by atoms with Crippen molar-refractivity contribution in [2.24, 2.45) is 0 Å². The van der Waals surface area contributed by atoms with Gasteiger partial charge in [0.15, 0.2) is 11.5 Å². The number of carbonyl (C=O) groups is 2. The molecule has 2 aromatic carbocycles. The van der Waals surface area contributed by atoms with E-state index in [0.717, 1.165) is 31.2 Å². The number of hydrogen-bond acceptors (Lipinski definition) is 5. The molecule has 2 aromatic rings. The summed E-state index contributed by atoms with van der Waals surface area (Å²) in [5, 5.41) is 21.4. The summed E-state index contributed by atoms with van der Waals surface area (Å²) in [4.78, 5) is 27.7. The van der Waals surface area contributed by atoms with Crippen LogP contribution in [-0.4, -0.2) is 40.0 Å². The Hall–Kier alpha value is -3.28. The van der Waals surface area contributed by atoms with E-state index in [2.05, 4.69) is 0 Å². The predicted octanol–water partition coefficient (Wildman–Crippen LogP) is 4.07. The minimum atomic E-state index is -0.758. The maximum Gasteiger partial charge on any atom is 0.295 e. The summed E-state index contributed by atoms with van der Waals surface area (Å²) in [6, 6.07) is 11.1. The van der Waals surface area contributed by atoms with Gasteiger partial charge in [0.1, 0.15) is 5.76 Å². The normalized spacial score (nSPS) is 21.4. The number of ether oxygens (including phenoxy) is 1. The lowest BCUT2D eigenvalue weighted by atomic mass is 9.94. The van der Waals surface area contributed by atoms with Gasteiger partial charge in [0.05, 0.1) is 18.7 Å². The lowest BCUT2D eigenvalue weighted by Crippen LogP contribution is -2.37. The second kappa shape index (κ2) is 7.86. The quantitative estimate of drug-likeness (QED) is 0.453. The van der Waals surface area contributed by atoms with Crippen molar-refractivity contribution >= 4 is 17.4 Å². The van der Waals surface area contributed by atoms with Crippen molar-refractivity contribution in [2.75, 3.05) is 7.11 Å². The largest absolute Gasteiger partial charge is 0.507 e. The summed E-state index contributed by atoms with van der Waals surface area (Å²) in [5.74, 6) is -1.28. The molecule has 1 aliphatic heterocycles. The van der Waals surface area contributed by atoms with Crippen LogP contribution in [0.25, 0.3) is 5.76 Å². The van der Waals surface area contributed by atoms with E-state index in [9.17, 15) is 19.8 Å². The van der Waals surface area contributed by atoms with E-state index in [4.69, 9.17) is 4.74 Å². The van der Waals surface area contributed by atoms with E-state index in [1.54, 1.807) is 29.2 Å². The first-order chi connectivity index (χ1) is 14.4. The number of aliphatic hydroxyl groups excluding tert-OH is 1. The number of carbonyl (C=O) groups excluding carboxylic acids is 2. The number of aliphatic hydroxyl groups is 1. The Morgan fingerprint density at radius 2 is 1.73 bits per heavy atom. The molecule has 1 unspecified atom stereocenters. The summed E-state index contributed by atoms with van der Waals surface area (Å²) >= 11 is 0. The van der Waals surface area contributed by atoms with Gasteiger partial charge in [0, 0.05) is 11.6 Å². The zero-order valence-electron chi connectivity index (χ0n) is 17.1. The van der Waals surface area contributed by atoms with E-state index < -0.39 is 17.7 Å². The molecule has 0 bridgehead atoms. The fourth-order valence-corrected chi connectivity index (χ4v) is 4.48. The fraction of sp³-hybridized carbons (Fsp3) is 0.333. The summed E-state index contributed by atoms with van der Waals surface area (Å²) in [7, 11) is 1.46. The monoisotopic (exact) mass is 407 g/mol. The molecule has 1 amide bonds. The number of phenols is 1. The number of Topliss-reactive ketones (excluding diaryl/α,β-unsaturated/α-hetero) is 1. The number of phenolic OH excluding ortho intramolecular Hbond substituents is 1. The molecule has 6 nitrogen and oxygen atoms in total. The molecule has 2 aliphatic rings. The molecule has 6 heteroatoms. The van der Waals surface area contributed by atoms with Crippen LogP contribution in [0.2, 0.25) is 0 Å². The topological polar surface area (TPSA) is 87.1 Å². The third-order valence-corrected chi connectivity index (χ3v) is 6.04. The lowest BCUT2D eigenvalue weighted by Gasteiger charge is -2.31. The van der Waals surface area contributed by atoms with E-state index in [-0.39, 0.29) is 23.1 Å². The molecule has 2 fully saturated rings. The zero-order chi connectivity index (χ0) is 21.4. The van der Waals surface area contributed by atoms with Gasteiger partial charge in [-0.15, -0.1) is 0 Å². The first-order valence-electron chi connectivity index (χ1n) is 10.2. The average molecular weight is 407 g/mol. The molecule has 1 atom stereocenters. The summed E-state index contributed by atoms with van der Waals surface area (Å²) in [6.07, 6.45) is 3.62. The van der Waals surface area contributed by atoms with Gasteiger partial charge in [0.2, 0.25) is 0 Å². The van der Waals surface area contributed by atoms with Crippen molar-refractivity contribution in [3.8, 4) is 11.5 Å². The van der Waals surface area contributed by atoms with Crippen molar-refractivity contribution < 1.29 is 24.5 Å². The Labute approximate surface area is 175 Å². The van der Waals surface area contributed by atoms with Gasteiger partial charge in [-0.25, -0.2) is 0 Å². The summed E-state index contributed by atoms with van der Waals surface area (Å²) in [5.41, 5.74) is 2.12. The van der Waals surface area contributed by atoms with Crippen LogP contribution >= 0.6 is 0 Å². The Kier molecular flexibility index (Phi) is 5.24. The number of likely N-dealkylation sites (tertiary alicyclic amines) is 1. The van der Waals surface area contributed by atoms with E-state index in [1.807, 2.05) is 19.1 Å². The number of aromatic hydroxyl groups is 1. The number of rotatable bonds is 4. The molecular formula is C24H25NO5. The Bertz CT molecular complexity index is 1020. The summed E-state index contributed by atoms with van der Waals surface area (Å²) < 4.78 is 5.13. The van der Waals surface area contributed by atoms with Crippen LogP contribution in [0.5, 0.6) is 11.5 Å². The van der Waals surface area contributed by atoms with E-state index in [1.165, 1.54) is 13.2 Å². The minimum absolute atomic E-state index is 0.0559. The molecule has 1 saturated carbocycles. The van der Waals surface area contributed by atoms with Gasteiger partial charge >= 0.3 is 0 Å². The smallest absolute Gasteiger partial charge is 0.295 e. The molecule has 30 heavy (non-hydrogen) atoms. The lowest BCUT2D eigenvalue weighted by molar-refractivity contribution is -0.141. The second-order valence-corrected chi connectivity index (χ2v) is 7.94. The molecule has 4 rings (SSSR count). The number of aryl methyl sites for hydroxylation is 1. The zero-order valence-corrected chi connectivity index (χ0v) is 17.1. The molecule has 1 heterocycles. The van der Waals surface area contributed by atoms with E-state index >= 15 is 0 Å². The number of benzene rings is 2. The maximum atomic E-state index is 13.0. The van der Waals surface area contributed by atoms with Gasteiger partial charge in [-0.2, -0.15) is 0 Å². The predicted molar refractivity (Wildman–Crippen MR) is 112 cm³/mol. The van der Waals surface area contributed by atoms with Crippen molar-refractivity contribution in [3.05, 3.63) is 64.7 Å². The molecule has 0 radical (unpaired) electrons. The number of methoxy groups -OCH3 is 1. The SMILES string of the molecule is COc1ccc(C2/C(=C(/O)c3ccc(C)cc3)C(=O)C(=O)N2C2CCCC2)cc1O. The van der Waals surface area contributed by atoms with Crippen LogP contribution in [0.1, 0.15) is 48.4 Å².